The van der Waals surface area contributed by atoms with Gasteiger partial charge in [-0.2, -0.15) is 10.2 Å². The molecule has 3 aromatic rings. The number of rotatable bonds is 2. The maximum absolute atomic E-state index is 13.2. The lowest BCUT2D eigenvalue weighted by Gasteiger charge is -2.11. The molecule has 0 bridgehead atoms. The zero-order valence-electron chi connectivity index (χ0n) is 11.2. The van der Waals surface area contributed by atoms with Gasteiger partial charge < -0.3 is 10.2 Å². The predicted molar refractivity (Wildman–Crippen MR) is 73.7 cm³/mol. The first-order valence-corrected chi connectivity index (χ1v) is 6.30. The number of aryl methyl sites for hydroxylation is 2. The highest BCUT2D eigenvalue weighted by Gasteiger charge is 2.17. The van der Waals surface area contributed by atoms with Gasteiger partial charge in [-0.3, -0.25) is 0 Å². The quantitative estimate of drug-likeness (QED) is 0.778. The average Bonchev–Trinajstić information content (AvgIpc) is 2.83. The maximum atomic E-state index is 13.2. The highest BCUT2D eigenvalue weighted by molar-refractivity contribution is 5.78. The summed E-state index contributed by atoms with van der Waals surface area (Å²) in [4.78, 5) is 0. The van der Waals surface area contributed by atoms with E-state index in [1.54, 1.807) is 12.1 Å². The molecule has 4 nitrogen and oxygen atoms in total. The van der Waals surface area contributed by atoms with Crippen LogP contribution in [0.3, 0.4) is 0 Å². The first-order valence-electron chi connectivity index (χ1n) is 6.30. The first-order chi connectivity index (χ1) is 9.54. The Morgan fingerprint density at radius 3 is 2.75 bits per heavy atom. The summed E-state index contributed by atoms with van der Waals surface area (Å²) in [5.74, 6) is 0.289. The van der Waals surface area contributed by atoms with Crippen LogP contribution in [0, 0.1) is 19.7 Å². The average molecular weight is 271 g/mol. The summed E-state index contributed by atoms with van der Waals surface area (Å²) < 4.78 is 18.9. The van der Waals surface area contributed by atoms with Gasteiger partial charge in [-0.15, -0.1) is 0 Å². The molecule has 0 radical (unpaired) electrons. The monoisotopic (exact) mass is 271 g/mol. The second-order valence-corrected chi connectivity index (χ2v) is 4.84. The molecule has 0 amide bonds. The van der Waals surface area contributed by atoms with Crippen LogP contribution >= 0.6 is 0 Å². The van der Waals surface area contributed by atoms with Gasteiger partial charge in [0.25, 0.3) is 0 Å². The fourth-order valence-corrected chi connectivity index (χ4v) is 2.23. The number of nitrogens with zero attached hydrogens (tertiary/aromatic N) is 2. The van der Waals surface area contributed by atoms with Crippen molar-refractivity contribution in [2.24, 2.45) is 5.73 Å². The zero-order chi connectivity index (χ0) is 14.3. The van der Waals surface area contributed by atoms with Crippen molar-refractivity contribution in [2.75, 3.05) is 0 Å². The molecular formula is C15H14FN3O. The summed E-state index contributed by atoms with van der Waals surface area (Å²) >= 11 is 0. The third-order valence-corrected chi connectivity index (χ3v) is 3.28. The van der Waals surface area contributed by atoms with Crippen molar-refractivity contribution >= 4 is 11.0 Å². The third-order valence-electron chi connectivity index (χ3n) is 3.28. The van der Waals surface area contributed by atoms with E-state index in [1.165, 1.54) is 12.1 Å². The Morgan fingerprint density at radius 2 is 1.95 bits per heavy atom. The summed E-state index contributed by atoms with van der Waals surface area (Å²) in [5, 5.41) is 8.75. The van der Waals surface area contributed by atoms with E-state index in [2.05, 4.69) is 10.2 Å². The van der Waals surface area contributed by atoms with E-state index < -0.39 is 6.04 Å². The summed E-state index contributed by atoms with van der Waals surface area (Å²) in [7, 11) is 0. The first kappa shape index (κ1) is 12.7. The van der Waals surface area contributed by atoms with E-state index in [4.69, 9.17) is 10.2 Å². The number of furan rings is 1. The number of fused-ring (bicyclic) bond motifs is 1. The minimum absolute atomic E-state index is 0.295. The molecule has 0 spiro atoms. The van der Waals surface area contributed by atoms with Gasteiger partial charge in [0.15, 0.2) is 0 Å². The molecule has 102 valence electrons. The second kappa shape index (κ2) is 4.68. The van der Waals surface area contributed by atoms with Gasteiger partial charge in [-0.1, -0.05) is 0 Å². The molecule has 2 heterocycles. The van der Waals surface area contributed by atoms with E-state index >= 15 is 0 Å². The Labute approximate surface area is 115 Å². The molecule has 0 fully saturated rings. The molecule has 1 aromatic carbocycles. The molecular weight excluding hydrogens is 257 g/mol. The van der Waals surface area contributed by atoms with Crippen LogP contribution in [0.25, 0.3) is 11.0 Å². The van der Waals surface area contributed by atoms with Gasteiger partial charge in [0.1, 0.15) is 17.2 Å². The fraction of sp³-hybridized carbons (Fsp3) is 0.200. The lowest BCUT2D eigenvalue weighted by molar-refractivity contribution is 0.522. The largest absolute Gasteiger partial charge is 0.459 e. The molecule has 1 unspecified atom stereocenters. The standard InChI is InChI=1S/C15H14FN3O/c1-8-5-12(9(2)19-18-8)15(17)14-7-10-6-11(16)3-4-13(10)20-14/h3-7,15H,17H2,1-2H3. The topological polar surface area (TPSA) is 64.9 Å². The molecule has 0 saturated carbocycles. The summed E-state index contributed by atoms with van der Waals surface area (Å²) in [6.45, 7) is 3.71. The van der Waals surface area contributed by atoms with Gasteiger partial charge in [-0.25, -0.2) is 4.39 Å². The van der Waals surface area contributed by atoms with Crippen LogP contribution in [-0.2, 0) is 0 Å². The molecule has 0 aliphatic heterocycles. The molecule has 2 aromatic heterocycles. The van der Waals surface area contributed by atoms with Crippen molar-refractivity contribution < 1.29 is 8.81 Å². The molecule has 5 heteroatoms. The van der Waals surface area contributed by atoms with Gasteiger partial charge in [0.2, 0.25) is 0 Å². The van der Waals surface area contributed by atoms with E-state index in [1.807, 2.05) is 19.9 Å². The van der Waals surface area contributed by atoms with Crippen LogP contribution in [0.4, 0.5) is 4.39 Å². The third kappa shape index (κ3) is 2.16. The van der Waals surface area contributed by atoms with Crippen molar-refractivity contribution in [3.8, 4) is 0 Å². The minimum Gasteiger partial charge on any atom is -0.459 e. The Kier molecular flexibility index (Phi) is 2.99. The number of hydrogen-bond acceptors (Lipinski definition) is 4. The lowest BCUT2D eigenvalue weighted by Crippen LogP contribution is -2.14. The SMILES string of the molecule is Cc1cc(C(N)c2cc3cc(F)ccc3o2)c(C)nn1. The lowest BCUT2D eigenvalue weighted by atomic mass is 10.0. The summed E-state index contributed by atoms with van der Waals surface area (Å²) in [5.41, 5.74) is 9.26. The fourth-order valence-electron chi connectivity index (χ4n) is 2.23. The summed E-state index contributed by atoms with van der Waals surface area (Å²) in [6, 6.07) is 7.60. The Bertz CT molecular complexity index is 782. The normalized spacial score (nSPS) is 12.8. The number of nitrogens with two attached hydrogens (primary N) is 1. The predicted octanol–water partition coefficient (Wildman–Crippen LogP) is 3.03. The molecule has 2 N–H and O–H groups in total. The van der Waals surface area contributed by atoms with Gasteiger partial charge >= 0.3 is 0 Å². The molecule has 20 heavy (non-hydrogen) atoms. The van der Waals surface area contributed by atoms with Crippen LogP contribution in [0.5, 0.6) is 0 Å². The molecule has 3 rings (SSSR count). The van der Waals surface area contributed by atoms with Crippen molar-refractivity contribution in [1.82, 2.24) is 10.2 Å². The Hall–Kier alpha value is -2.27. The van der Waals surface area contributed by atoms with Crippen LogP contribution < -0.4 is 5.73 Å². The van der Waals surface area contributed by atoms with Crippen molar-refractivity contribution in [1.29, 1.82) is 0 Å². The smallest absolute Gasteiger partial charge is 0.134 e. The van der Waals surface area contributed by atoms with Crippen LogP contribution in [0.1, 0.15) is 28.8 Å². The van der Waals surface area contributed by atoms with E-state index in [-0.39, 0.29) is 5.82 Å². The minimum atomic E-state index is -0.445. The molecule has 0 aliphatic carbocycles. The maximum Gasteiger partial charge on any atom is 0.134 e. The molecule has 1 atom stereocenters. The van der Waals surface area contributed by atoms with Gasteiger partial charge in [-0.05, 0) is 44.2 Å². The van der Waals surface area contributed by atoms with Crippen LogP contribution in [0.2, 0.25) is 0 Å². The highest BCUT2D eigenvalue weighted by atomic mass is 19.1. The highest BCUT2D eigenvalue weighted by Crippen LogP contribution is 2.28. The molecule has 0 saturated heterocycles. The van der Waals surface area contributed by atoms with E-state index in [0.29, 0.717) is 16.7 Å². The van der Waals surface area contributed by atoms with Crippen LogP contribution in [-0.4, -0.2) is 10.2 Å². The van der Waals surface area contributed by atoms with Crippen LogP contribution in [0.15, 0.2) is 34.7 Å². The zero-order valence-corrected chi connectivity index (χ0v) is 11.2. The second-order valence-electron chi connectivity index (χ2n) is 4.84. The number of benzene rings is 1. The number of halogens is 1. The van der Waals surface area contributed by atoms with Gasteiger partial charge in [0, 0.05) is 10.9 Å². The van der Waals surface area contributed by atoms with E-state index in [0.717, 1.165) is 17.0 Å². The van der Waals surface area contributed by atoms with Crippen molar-refractivity contribution in [3.63, 3.8) is 0 Å². The number of hydrogen-bond donors (Lipinski definition) is 1. The Morgan fingerprint density at radius 1 is 1.15 bits per heavy atom. The van der Waals surface area contributed by atoms with E-state index in [9.17, 15) is 4.39 Å². The van der Waals surface area contributed by atoms with Crippen molar-refractivity contribution in [2.45, 2.75) is 19.9 Å². The van der Waals surface area contributed by atoms with Gasteiger partial charge in [0.05, 0.1) is 17.4 Å². The van der Waals surface area contributed by atoms with Crippen molar-refractivity contribution in [3.05, 3.63) is 58.9 Å². The number of aromatic nitrogens is 2. The Balaban J connectivity index is 2.07. The molecule has 0 aliphatic rings. The summed E-state index contributed by atoms with van der Waals surface area (Å²) in [6.07, 6.45) is 0.